The van der Waals surface area contributed by atoms with E-state index in [0.29, 0.717) is 23.1 Å². The number of esters is 1. The molecule has 5 heteroatoms. The molecule has 0 aliphatic heterocycles. The summed E-state index contributed by atoms with van der Waals surface area (Å²) in [5, 5.41) is 8.76. The first-order valence-corrected chi connectivity index (χ1v) is 6.24. The lowest BCUT2D eigenvalue weighted by Crippen LogP contribution is -2.04. The van der Waals surface area contributed by atoms with Gasteiger partial charge in [-0.15, -0.1) is 0 Å². The van der Waals surface area contributed by atoms with Crippen LogP contribution in [0.15, 0.2) is 48.5 Å². The van der Waals surface area contributed by atoms with E-state index in [1.54, 1.807) is 16.9 Å². The number of benzene rings is 2. The van der Waals surface area contributed by atoms with Crippen molar-refractivity contribution < 1.29 is 9.53 Å². The third kappa shape index (κ3) is 2.25. The monoisotopic (exact) mass is 267 g/mol. The van der Waals surface area contributed by atoms with Gasteiger partial charge in [0.15, 0.2) is 0 Å². The lowest BCUT2D eigenvalue weighted by Gasteiger charge is -1.99. The molecule has 0 unspecified atom stereocenters. The minimum absolute atomic E-state index is 0.401. The Balaban J connectivity index is 2.00. The number of fused-ring (bicyclic) bond motifs is 1. The van der Waals surface area contributed by atoms with Crippen LogP contribution in [0.4, 0.5) is 0 Å². The van der Waals surface area contributed by atoms with Crippen LogP contribution in [0.25, 0.3) is 11.0 Å². The van der Waals surface area contributed by atoms with Gasteiger partial charge in [-0.05, 0) is 17.7 Å². The highest BCUT2D eigenvalue weighted by atomic mass is 16.5. The summed E-state index contributed by atoms with van der Waals surface area (Å²) in [6.45, 7) is 0.566. The Hall–Kier alpha value is -2.69. The molecular weight excluding hydrogens is 254 g/mol. The van der Waals surface area contributed by atoms with Gasteiger partial charge < -0.3 is 4.74 Å². The van der Waals surface area contributed by atoms with E-state index in [-0.39, 0.29) is 0 Å². The first kappa shape index (κ1) is 12.3. The molecule has 0 aliphatic rings. The molecule has 0 saturated heterocycles. The topological polar surface area (TPSA) is 57.0 Å². The Kier molecular flexibility index (Phi) is 3.16. The van der Waals surface area contributed by atoms with Gasteiger partial charge in [-0.25, -0.2) is 4.79 Å². The van der Waals surface area contributed by atoms with Crippen LogP contribution in [-0.4, -0.2) is 28.1 Å². The molecule has 1 heterocycles. The van der Waals surface area contributed by atoms with Crippen molar-refractivity contribution in [1.82, 2.24) is 15.0 Å². The molecule has 2 aromatic carbocycles. The second-order valence-electron chi connectivity index (χ2n) is 4.38. The number of rotatable bonds is 3. The number of nitrogens with zero attached hydrogens (tertiary/aromatic N) is 3. The average molecular weight is 267 g/mol. The summed E-state index contributed by atoms with van der Waals surface area (Å²) in [4.78, 5) is 13.3. The zero-order chi connectivity index (χ0) is 13.9. The van der Waals surface area contributed by atoms with Crippen molar-refractivity contribution in [2.75, 3.05) is 7.11 Å². The van der Waals surface area contributed by atoms with Crippen molar-refractivity contribution in [2.45, 2.75) is 6.54 Å². The van der Waals surface area contributed by atoms with Crippen molar-refractivity contribution >= 4 is 17.0 Å². The second-order valence-corrected chi connectivity index (χ2v) is 4.38. The van der Waals surface area contributed by atoms with E-state index in [0.717, 1.165) is 5.56 Å². The van der Waals surface area contributed by atoms with Crippen molar-refractivity contribution in [3.63, 3.8) is 0 Å². The number of methoxy groups -OCH3 is 1. The van der Waals surface area contributed by atoms with E-state index in [2.05, 4.69) is 10.2 Å². The molecule has 0 fully saturated rings. The van der Waals surface area contributed by atoms with Gasteiger partial charge in [0.1, 0.15) is 11.0 Å². The number of carbonyl (C=O) groups is 1. The third-order valence-electron chi connectivity index (χ3n) is 3.03. The molecule has 0 radical (unpaired) electrons. The van der Waals surface area contributed by atoms with Crippen LogP contribution < -0.4 is 0 Å². The molecule has 3 aromatic rings. The van der Waals surface area contributed by atoms with E-state index in [9.17, 15) is 4.79 Å². The van der Waals surface area contributed by atoms with Gasteiger partial charge in [0.25, 0.3) is 0 Å². The average Bonchev–Trinajstić information content (AvgIpc) is 2.89. The SMILES string of the molecule is COC(=O)c1cccc2nn(Cc3ccccc3)nc12. The maximum absolute atomic E-state index is 11.7. The molecule has 0 saturated carbocycles. The van der Waals surface area contributed by atoms with Crippen molar-refractivity contribution in [2.24, 2.45) is 0 Å². The summed E-state index contributed by atoms with van der Waals surface area (Å²) < 4.78 is 4.76. The predicted molar refractivity (Wildman–Crippen MR) is 74.4 cm³/mol. The minimum atomic E-state index is -0.401. The summed E-state index contributed by atoms with van der Waals surface area (Å²) in [5.41, 5.74) is 2.79. The van der Waals surface area contributed by atoms with Crippen LogP contribution in [0, 0.1) is 0 Å². The third-order valence-corrected chi connectivity index (χ3v) is 3.03. The molecular formula is C15H13N3O2. The quantitative estimate of drug-likeness (QED) is 0.683. The van der Waals surface area contributed by atoms with Gasteiger partial charge in [-0.3, -0.25) is 0 Å². The summed E-state index contributed by atoms with van der Waals surface area (Å²) >= 11 is 0. The first-order chi connectivity index (χ1) is 9.78. The Bertz CT molecular complexity index is 750. The Morgan fingerprint density at radius 3 is 2.65 bits per heavy atom. The highest BCUT2D eigenvalue weighted by Crippen LogP contribution is 2.16. The van der Waals surface area contributed by atoms with E-state index in [4.69, 9.17) is 4.74 Å². The van der Waals surface area contributed by atoms with Crippen molar-refractivity contribution in [3.8, 4) is 0 Å². The van der Waals surface area contributed by atoms with Gasteiger partial charge in [0, 0.05) is 0 Å². The maximum atomic E-state index is 11.7. The fraction of sp³-hybridized carbons (Fsp3) is 0.133. The van der Waals surface area contributed by atoms with E-state index >= 15 is 0 Å². The van der Waals surface area contributed by atoms with Gasteiger partial charge in [0.05, 0.1) is 19.2 Å². The molecule has 0 spiro atoms. The van der Waals surface area contributed by atoms with Crippen LogP contribution in [0.2, 0.25) is 0 Å². The first-order valence-electron chi connectivity index (χ1n) is 6.24. The zero-order valence-electron chi connectivity index (χ0n) is 11.0. The Labute approximate surface area is 115 Å². The van der Waals surface area contributed by atoms with Gasteiger partial charge in [0.2, 0.25) is 0 Å². The molecule has 0 atom stereocenters. The minimum Gasteiger partial charge on any atom is -0.465 e. The molecule has 20 heavy (non-hydrogen) atoms. The molecule has 100 valence electrons. The van der Waals surface area contributed by atoms with Crippen LogP contribution >= 0.6 is 0 Å². The summed E-state index contributed by atoms with van der Waals surface area (Å²) in [6, 6.07) is 15.2. The largest absolute Gasteiger partial charge is 0.465 e. The van der Waals surface area contributed by atoms with Crippen LogP contribution in [0.5, 0.6) is 0 Å². The lowest BCUT2D eigenvalue weighted by molar-refractivity contribution is 0.0602. The number of hydrogen-bond acceptors (Lipinski definition) is 4. The van der Waals surface area contributed by atoms with Crippen molar-refractivity contribution in [1.29, 1.82) is 0 Å². The van der Waals surface area contributed by atoms with E-state index in [1.807, 2.05) is 36.4 Å². The summed E-state index contributed by atoms with van der Waals surface area (Å²) in [7, 11) is 1.36. The molecule has 0 bridgehead atoms. The highest BCUT2D eigenvalue weighted by molar-refractivity contribution is 6.01. The summed E-state index contributed by atoms with van der Waals surface area (Å²) in [5.74, 6) is -0.401. The van der Waals surface area contributed by atoms with Gasteiger partial charge in [-0.2, -0.15) is 15.0 Å². The maximum Gasteiger partial charge on any atom is 0.340 e. The van der Waals surface area contributed by atoms with Crippen LogP contribution in [0.1, 0.15) is 15.9 Å². The Morgan fingerprint density at radius 2 is 1.90 bits per heavy atom. The molecule has 1 aromatic heterocycles. The highest BCUT2D eigenvalue weighted by Gasteiger charge is 2.14. The fourth-order valence-corrected chi connectivity index (χ4v) is 2.07. The van der Waals surface area contributed by atoms with Crippen molar-refractivity contribution in [3.05, 3.63) is 59.7 Å². The molecule has 5 nitrogen and oxygen atoms in total. The number of ether oxygens (including phenoxy) is 1. The van der Waals surface area contributed by atoms with Crippen LogP contribution in [-0.2, 0) is 11.3 Å². The molecule has 0 aliphatic carbocycles. The number of carbonyl (C=O) groups excluding carboxylic acids is 1. The molecule has 3 rings (SSSR count). The van der Waals surface area contributed by atoms with Gasteiger partial charge in [-0.1, -0.05) is 36.4 Å². The lowest BCUT2D eigenvalue weighted by atomic mass is 10.2. The van der Waals surface area contributed by atoms with Gasteiger partial charge >= 0.3 is 5.97 Å². The fourth-order valence-electron chi connectivity index (χ4n) is 2.07. The predicted octanol–water partition coefficient (Wildman–Crippen LogP) is 2.27. The number of aromatic nitrogens is 3. The van der Waals surface area contributed by atoms with E-state index in [1.165, 1.54) is 7.11 Å². The Morgan fingerprint density at radius 1 is 1.10 bits per heavy atom. The smallest absolute Gasteiger partial charge is 0.340 e. The van der Waals surface area contributed by atoms with E-state index < -0.39 is 5.97 Å². The zero-order valence-corrected chi connectivity index (χ0v) is 11.0. The number of hydrogen-bond donors (Lipinski definition) is 0. The normalized spacial score (nSPS) is 10.7. The molecule has 0 N–H and O–H groups in total. The summed E-state index contributed by atoms with van der Waals surface area (Å²) in [6.07, 6.45) is 0. The second kappa shape index (κ2) is 5.13. The standard InChI is InChI=1S/C15H13N3O2/c1-20-15(19)12-8-5-9-13-14(12)17-18(16-13)10-11-6-3-2-4-7-11/h2-9H,10H2,1H3. The van der Waals surface area contributed by atoms with Crippen LogP contribution in [0.3, 0.4) is 0 Å². The molecule has 0 amide bonds.